The lowest BCUT2D eigenvalue weighted by molar-refractivity contribution is -0.122. The summed E-state index contributed by atoms with van der Waals surface area (Å²) in [5.41, 5.74) is 1.16. The van der Waals surface area contributed by atoms with Crippen molar-refractivity contribution in [3.63, 3.8) is 0 Å². The van der Waals surface area contributed by atoms with E-state index in [2.05, 4.69) is 5.32 Å². The number of sulfone groups is 1. The Morgan fingerprint density at radius 3 is 2.17 bits per heavy atom. The van der Waals surface area contributed by atoms with Crippen LogP contribution in [0.3, 0.4) is 0 Å². The molecule has 0 aliphatic carbocycles. The monoisotopic (exact) mass is 424 g/mol. The van der Waals surface area contributed by atoms with E-state index in [4.69, 9.17) is 4.74 Å². The molecule has 1 aliphatic rings. The zero-order valence-electron chi connectivity index (χ0n) is 17.7. The number of piperidine rings is 1. The second-order valence-corrected chi connectivity index (χ2v) is 10.9. The molecule has 1 aliphatic heterocycles. The van der Waals surface area contributed by atoms with Crippen molar-refractivity contribution in [1.29, 1.82) is 0 Å². The second kappa shape index (κ2) is 9.61. The van der Waals surface area contributed by atoms with Gasteiger partial charge in [0.1, 0.15) is 5.60 Å². The highest BCUT2D eigenvalue weighted by Crippen LogP contribution is 2.22. The molecule has 8 heteroatoms. The predicted molar refractivity (Wildman–Crippen MR) is 112 cm³/mol. The molecule has 0 radical (unpaired) electrons. The van der Waals surface area contributed by atoms with E-state index in [0.29, 0.717) is 26.1 Å². The summed E-state index contributed by atoms with van der Waals surface area (Å²) < 4.78 is 28.0. The Kier molecular flexibility index (Phi) is 7.68. The molecule has 2 amide bonds. The molecule has 162 valence electrons. The van der Waals surface area contributed by atoms with Crippen LogP contribution >= 0.6 is 0 Å². The third-order valence-electron chi connectivity index (χ3n) is 4.68. The van der Waals surface area contributed by atoms with Gasteiger partial charge in [-0.3, -0.25) is 4.79 Å². The normalized spacial score (nSPS) is 15.8. The molecule has 7 nitrogen and oxygen atoms in total. The van der Waals surface area contributed by atoms with Gasteiger partial charge in [0.15, 0.2) is 9.84 Å². The van der Waals surface area contributed by atoms with Gasteiger partial charge in [0.05, 0.1) is 5.75 Å². The van der Waals surface area contributed by atoms with Crippen molar-refractivity contribution in [3.05, 3.63) is 35.4 Å². The fourth-order valence-electron chi connectivity index (χ4n) is 3.24. The SMILES string of the molecule is CC(C)(C)OC(=O)N1CCC(CC(=O)NCc2ccc(CS(C)(=O)=O)cc2)CC1. The zero-order valence-corrected chi connectivity index (χ0v) is 18.5. The van der Waals surface area contributed by atoms with Crippen molar-refractivity contribution in [2.45, 2.75) is 57.9 Å². The van der Waals surface area contributed by atoms with Crippen LogP contribution in [0, 0.1) is 5.92 Å². The van der Waals surface area contributed by atoms with Crippen molar-refractivity contribution >= 4 is 21.8 Å². The lowest BCUT2D eigenvalue weighted by atomic mass is 9.93. The summed E-state index contributed by atoms with van der Waals surface area (Å²) in [7, 11) is -3.05. The van der Waals surface area contributed by atoms with Crippen molar-refractivity contribution in [2.24, 2.45) is 5.92 Å². The van der Waals surface area contributed by atoms with Gasteiger partial charge in [0.25, 0.3) is 0 Å². The summed E-state index contributed by atoms with van der Waals surface area (Å²) in [5.74, 6) is 0.258. The molecule has 1 aromatic carbocycles. The molecule has 0 saturated carbocycles. The van der Waals surface area contributed by atoms with E-state index >= 15 is 0 Å². The van der Waals surface area contributed by atoms with Crippen molar-refractivity contribution < 1.29 is 22.7 Å². The number of rotatable bonds is 6. The molecular weight excluding hydrogens is 392 g/mol. The first-order chi connectivity index (χ1) is 13.4. The molecular formula is C21H32N2O5S. The van der Waals surface area contributed by atoms with E-state index in [1.807, 2.05) is 32.9 Å². The van der Waals surface area contributed by atoms with Crippen LogP contribution in [0.15, 0.2) is 24.3 Å². The van der Waals surface area contributed by atoms with Crippen LogP contribution in [0.4, 0.5) is 4.79 Å². The van der Waals surface area contributed by atoms with E-state index in [0.717, 1.165) is 24.0 Å². The van der Waals surface area contributed by atoms with Crippen LogP contribution in [0.1, 0.15) is 51.2 Å². The van der Waals surface area contributed by atoms with Gasteiger partial charge in [-0.2, -0.15) is 0 Å². The summed E-state index contributed by atoms with van der Waals surface area (Å²) in [6.07, 6.45) is 2.92. The Morgan fingerprint density at radius 2 is 1.66 bits per heavy atom. The number of amides is 2. The van der Waals surface area contributed by atoms with Crippen LogP contribution < -0.4 is 5.32 Å². The third-order valence-corrected chi connectivity index (χ3v) is 5.54. The molecule has 2 rings (SSSR count). The predicted octanol–water partition coefficient (Wildman–Crippen LogP) is 2.88. The Labute approximate surface area is 173 Å². The van der Waals surface area contributed by atoms with Gasteiger partial charge in [-0.15, -0.1) is 0 Å². The Hall–Kier alpha value is -2.09. The first kappa shape index (κ1) is 23.2. The molecule has 1 fully saturated rings. The van der Waals surface area contributed by atoms with Crippen LogP contribution in [0.25, 0.3) is 0 Å². The molecule has 0 atom stereocenters. The number of nitrogens with one attached hydrogen (secondary N) is 1. The maximum absolute atomic E-state index is 12.2. The van der Waals surface area contributed by atoms with Crippen molar-refractivity contribution in [1.82, 2.24) is 10.2 Å². The molecule has 29 heavy (non-hydrogen) atoms. The van der Waals surface area contributed by atoms with E-state index in [-0.39, 0.29) is 23.7 Å². The number of benzene rings is 1. The van der Waals surface area contributed by atoms with E-state index in [9.17, 15) is 18.0 Å². The number of likely N-dealkylation sites (tertiary alicyclic amines) is 1. The standard InChI is InChI=1S/C21H32N2O5S/c1-21(2,3)28-20(25)23-11-9-16(10-12-23)13-19(24)22-14-17-5-7-18(8-6-17)15-29(4,26)27/h5-8,16H,9-15H2,1-4H3,(H,22,24). The molecule has 1 saturated heterocycles. The Morgan fingerprint density at radius 1 is 1.10 bits per heavy atom. The number of hydrogen-bond donors (Lipinski definition) is 1. The quantitative estimate of drug-likeness (QED) is 0.758. The molecule has 0 bridgehead atoms. The average Bonchev–Trinajstić information content (AvgIpc) is 2.59. The first-order valence-electron chi connectivity index (χ1n) is 9.91. The van der Waals surface area contributed by atoms with E-state index < -0.39 is 15.4 Å². The third kappa shape index (κ3) is 8.85. The maximum atomic E-state index is 12.2. The largest absolute Gasteiger partial charge is 0.444 e. The molecule has 1 N–H and O–H groups in total. The summed E-state index contributed by atoms with van der Waals surface area (Å²) in [4.78, 5) is 26.0. The van der Waals surface area contributed by atoms with Gasteiger partial charge in [0, 0.05) is 32.3 Å². The van der Waals surface area contributed by atoms with Crippen molar-refractivity contribution in [2.75, 3.05) is 19.3 Å². The number of carbonyl (C=O) groups excluding carboxylic acids is 2. The highest BCUT2D eigenvalue weighted by Gasteiger charge is 2.27. The zero-order chi connectivity index (χ0) is 21.7. The highest BCUT2D eigenvalue weighted by atomic mass is 32.2. The summed E-state index contributed by atoms with van der Waals surface area (Å²) in [6.45, 7) is 7.17. The van der Waals surface area contributed by atoms with Gasteiger partial charge in [0.2, 0.25) is 5.91 Å². The van der Waals surface area contributed by atoms with Crippen LogP contribution in [-0.2, 0) is 31.7 Å². The highest BCUT2D eigenvalue weighted by molar-refractivity contribution is 7.89. The second-order valence-electron chi connectivity index (χ2n) is 8.78. The van der Waals surface area contributed by atoms with Gasteiger partial charge < -0.3 is 15.0 Å². The number of ether oxygens (including phenoxy) is 1. The summed E-state index contributed by atoms with van der Waals surface area (Å²) in [5, 5.41) is 2.92. The van der Waals surface area contributed by atoms with Gasteiger partial charge in [-0.25, -0.2) is 13.2 Å². The average molecular weight is 425 g/mol. The van der Waals surface area contributed by atoms with Crippen LogP contribution in [0.2, 0.25) is 0 Å². The number of carbonyl (C=O) groups is 2. The van der Waals surface area contributed by atoms with Crippen LogP contribution in [-0.4, -0.2) is 50.3 Å². The topological polar surface area (TPSA) is 92.8 Å². The molecule has 0 aromatic heterocycles. The first-order valence-corrected chi connectivity index (χ1v) is 12.0. The van der Waals surface area contributed by atoms with Gasteiger partial charge >= 0.3 is 6.09 Å². The minimum Gasteiger partial charge on any atom is -0.444 e. The van der Waals surface area contributed by atoms with Gasteiger partial charge in [-0.05, 0) is 50.7 Å². The smallest absolute Gasteiger partial charge is 0.410 e. The lowest BCUT2D eigenvalue weighted by Crippen LogP contribution is -2.42. The maximum Gasteiger partial charge on any atom is 0.410 e. The molecule has 1 heterocycles. The molecule has 0 spiro atoms. The minimum absolute atomic E-state index is 0.0130. The van der Waals surface area contributed by atoms with Crippen molar-refractivity contribution in [3.8, 4) is 0 Å². The van der Waals surface area contributed by atoms with Gasteiger partial charge in [-0.1, -0.05) is 24.3 Å². The molecule has 1 aromatic rings. The fraction of sp³-hybridized carbons (Fsp3) is 0.619. The van der Waals surface area contributed by atoms with Crippen LogP contribution in [0.5, 0.6) is 0 Å². The van der Waals surface area contributed by atoms with E-state index in [1.54, 1.807) is 17.0 Å². The Bertz CT molecular complexity index is 804. The summed E-state index contributed by atoms with van der Waals surface area (Å²) in [6, 6.07) is 7.21. The molecule has 0 unspecified atom stereocenters. The fourth-order valence-corrected chi connectivity index (χ4v) is 4.04. The minimum atomic E-state index is -3.05. The summed E-state index contributed by atoms with van der Waals surface area (Å²) >= 11 is 0. The Balaban J connectivity index is 1.72. The van der Waals surface area contributed by atoms with E-state index in [1.165, 1.54) is 6.26 Å². The number of hydrogen-bond acceptors (Lipinski definition) is 5. The number of nitrogens with zero attached hydrogens (tertiary/aromatic N) is 1. The lowest BCUT2D eigenvalue weighted by Gasteiger charge is -2.33.